The molecule has 0 atom stereocenters. The van der Waals surface area contributed by atoms with Crippen molar-refractivity contribution in [1.82, 2.24) is 0 Å². The van der Waals surface area contributed by atoms with E-state index in [-0.39, 0.29) is 12.8 Å². The van der Waals surface area contributed by atoms with E-state index >= 15 is 0 Å². The van der Waals surface area contributed by atoms with E-state index in [0.717, 1.165) is 0 Å². The van der Waals surface area contributed by atoms with Gasteiger partial charge in [0.05, 0.1) is 11.2 Å². The van der Waals surface area contributed by atoms with E-state index in [9.17, 15) is 13.2 Å². The summed E-state index contributed by atoms with van der Waals surface area (Å²) in [6.45, 7) is 0. The van der Waals surface area contributed by atoms with Crippen LogP contribution in [0, 0.1) is 5.92 Å². The van der Waals surface area contributed by atoms with Crippen LogP contribution in [0.5, 0.6) is 0 Å². The van der Waals surface area contributed by atoms with E-state index in [2.05, 4.69) is 9.43 Å². The van der Waals surface area contributed by atoms with Gasteiger partial charge in [0.25, 0.3) is 0 Å². The highest BCUT2D eigenvalue weighted by Gasteiger charge is 2.32. The molecule has 0 aromatic carbocycles. The van der Waals surface area contributed by atoms with Gasteiger partial charge in [0.15, 0.2) is 0 Å². The first-order valence-electron chi connectivity index (χ1n) is 4.50. The molecule has 1 rings (SSSR count). The van der Waals surface area contributed by atoms with Crippen LogP contribution in [0.1, 0.15) is 25.7 Å². The van der Waals surface area contributed by atoms with Crippen LogP contribution in [0.2, 0.25) is 0 Å². The molecule has 1 fully saturated rings. The summed E-state index contributed by atoms with van der Waals surface area (Å²) in [4.78, 5) is 12.9. The van der Waals surface area contributed by atoms with Gasteiger partial charge in [0, 0.05) is 9.43 Å². The highest BCUT2D eigenvalue weighted by atomic mass is 32.2. The molecule has 0 aromatic heterocycles. The summed E-state index contributed by atoms with van der Waals surface area (Å²) < 4.78 is 25.3. The van der Waals surface area contributed by atoms with Crippen molar-refractivity contribution in [1.29, 1.82) is 0 Å². The topological polar surface area (TPSA) is 120 Å². The molecule has 0 saturated heterocycles. The van der Waals surface area contributed by atoms with Crippen LogP contribution in [0.25, 0.3) is 10.4 Å². The zero-order valence-electron chi connectivity index (χ0n) is 7.90. The molecule has 15 heavy (non-hydrogen) atoms. The van der Waals surface area contributed by atoms with Crippen molar-refractivity contribution < 1.29 is 18.3 Å². The van der Waals surface area contributed by atoms with Crippen molar-refractivity contribution in [2.75, 3.05) is 0 Å². The third-order valence-electron chi connectivity index (χ3n) is 2.60. The Bertz CT molecular complexity index is 390. The van der Waals surface area contributed by atoms with E-state index < -0.39 is 27.2 Å². The Morgan fingerprint density at radius 2 is 1.87 bits per heavy atom. The minimum atomic E-state index is -3.77. The van der Waals surface area contributed by atoms with Gasteiger partial charge in [-0.15, -0.1) is 0 Å². The summed E-state index contributed by atoms with van der Waals surface area (Å²) in [6, 6.07) is 0. The molecule has 1 saturated carbocycles. The number of sulfonamides is 1. The van der Waals surface area contributed by atoms with Crippen molar-refractivity contribution in [3.05, 3.63) is 10.4 Å². The lowest BCUT2D eigenvalue weighted by molar-refractivity contribution is -0.142. The molecule has 7 nitrogen and oxygen atoms in total. The fourth-order valence-corrected chi connectivity index (χ4v) is 2.83. The Morgan fingerprint density at radius 3 is 2.27 bits per heavy atom. The Kier molecular flexibility index (Phi) is 3.54. The van der Waals surface area contributed by atoms with Gasteiger partial charge in [-0.2, -0.15) is 0 Å². The van der Waals surface area contributed by atoms with E-state index in [1.807, 2.05) is 0 Å². The van der Waals surface area contributed by atoms with Crippen LogP contribution >= 0.6 is 0 Å². The number of carbonyl (C=O) groups is 1. The van der Waals surface area contributed by atoms with Gasteiger partial charge in [-0.3, -0.25) is 4.79 Å². The highest BCUT2D eigenvalue weighted by Crippen LogP contribution is 2.29. The monoisotopic (exact) mass is 233 g/mol. The number of carboxylic acid groups (broad SMARTS) is 1. The number of rotatable bonds is 3. The van der Waals surface area contributed by atoms with Crippen LogP contribution in [-0.2, 0) is 14.8 Å². The molecule has 1 aliphatic carbocycles. The zero-order chi connectivity index (χ0) is 11.5. The van der Waals surface area contributed by atoms with E-state index in [1.165, 1.54) is 0 Å². The first-order chi connectivity index (χ1) is 6.97. The van der Waals surface area contributed by atoms with E-state index in [0.29, 0.717) is 12.8 Å². The number of carboxylic acids is 1. The van der Waals surface area contributed by atoms with Gasteiger partial charge in [0.2, 0.25) is 10.0 Å². The highest BCUT2D eigenvalue weighted by molar-refractivity contribution is 7.90. The number of azide groups is 1. The SMILES string of the molecule is [N-]=[N+]=NS(=O)(=O)C1CCC(C(=O)O)CC1. The quantitative estimate of drug-likeness (QED) is 0.448. The maximum Gasteiger partial charge on any atom is 0.306 e. The van der Waals surface area contributed by atoms with Gasteiger partial charge < -0.3 is 5.11 Å². The Hall–Kier alpha value is -1.27. The second-order valence-corrected chi connectivity index (χ2v) is 5.36. The minimum absolute atomic E-state index is 0.248. The molecule has 0 heterocycles. The normalized spacial score (nSPS) is 26.7. The van der Waals surface area contributed by atoms with Crippen LogP contribution < -0.4 is 0 Å². The van der Waals surface area contributed by atoms with E-state index in [4.69, 9.17) is 10.6 Å². The average Bonchev–Trinajstić information content (AvgIpc) is 2.18. The number of nitrogens with zero attached hydrogens (tertiary/aromatic N) is 3. The van der Waals surface area contributed by atoms with Crippen molar-refractivity contribution >= 4 is 16.0 Å². The first-order valence-corrected chi connectivity index (χ1v) is 6.00. The van der Waals surface area contributed by atoms with Crippen molar-refractivity contribution in [3.8, 4) is 0 Å². The maximum absolute atomic E-state index is 11.3. The minimum Gasteiger partial charge on any atom is -0.481 e. The third-order valence-corrected chi connectivity index (χ3v) is 4.21. The Balaban J connectivity index is 2.66. The molecule has 0 aliphatic heterocycles. The van der Waals surface area contributed by atoms with Gasteiger partial charge >= 0.3 is 5.97 Å². The molecule has 0 amide bonds. The molecule has 0 spiro atoms. The molecular weight excluding hydrogens is 222 g/mol. The third kappa shape index (κ3) is 2.84. The van der Waals surface area contributed by atoms with Crippen LogP contribution in [0.4, 0.5) is 0 Å². The second-order valence-electron chi connectivity index (χ2n) is 3.50. The van der Waals surface area contributed by atoms with Crippen LogP contribution in [-0.4, -0.2) is 24.7 Å². The lowest BCUT2D eigenvalue weighted by Crippen LogP contribution is -2.28. The summed E-state index contributed by atoms with van der Waals surface area (Å²) in [5.74, 6) is -1.36. The standard InChI is InChI=1S/C7H11N3O4S/c8-9-10-15(13,14)6-3-1-5(2-4-6)7(11)12/h5-6H,1-4H2,(H,11,12). The summed E-state index contributed by atoms with van der Waals surface area (Å²) in [5.41, 5.74) is 8.06. The first kappa shape index (κ1) is 11.8. The largest absolute Gasteiger partial charge is 0.481 e. The molecule has 0 bridgehead atoms. The average molecular weight is 233 g/mol. The van der Waals surface area contributed by atoms with Crippen LogP contribution in [0.3, 0.4) is 0 Å². The number of hydrogen-bond donors (Lipinski definition) is 1. The summed E-state index contributed by atoms with van der Waals surface area (Å²) >= 11 is 0. The molecule has 84 valence electrons. The lowest BCUT2D eigenvalue weighted by Gasteiger charge is -2.23. The summed E-state index contributed by atoms with van der Waals surface area (Å²) in [5, 5.41) is 7.98. The maximum atomic E-state index is 11.3. The molecule has 0 unspecified atom stereocenters. The molecule has 0 aromatic rings. The predicted molar refractivity (Wildman–Crippen MR) is 51.4 cm³/mol. The molecule has 0 radical (unpaired) electrons. The fourth-order valence-electron chi connectivity index (χ4n) is 1.73. The van der Waals surface area contributed by atoms with Crippen LogP contribution in [0.15, 0.2) is 4.52 Å². The zero-order valence-corrected chi connectivity index (χ0v) is 8.72. The summed E-state index contributed by atoms with van der Waals surface area (Å²) in [6.07, 6.45) is 1.14. The molecule has 1 aliphatic rings. The Labute approximate surface area is 86.8 Å². The van der Waals surface area contributed by atoms with Crippen molar-refractivity contribution in [3.63, 3.8) is 0 Å². The predicted octanol–water partition coefficient (Wildman–Crippen LogP) is 1.27. The number of aliphatic carboxylic acids is 1. The lowest BCUT2D eigenvalue weighted by atomic mass is 9.89. The molecule has 1 N–H and O–H groups in total. The smallest absolute Gasteiger partial charge is 0.306 e. The van der Waals surface area contributed by atoms with Gasteiger partial charge in [0.1, 0.15) is 0 Å². The van der Waals surface area contributed by atoms with Gasteiger partial charge in [-0.05, 0) is 31.2 Å². The van der Waals surface area contributed by atoms with Gasteiger partial charge in [-0.25, -0.2) is 8.42 Å². The summed E-state index contributed by atoms with van der Waals surface area (Å²) in [7, 11) is -3.77. The second kappa shape index (κ2) is 4.50. The molecule has 8 heteroatoms. The van der Waals surface area contributed by atoms with Crippen molar-refractivity contribution in [2.45, 2.75) is 30.9 Å². The van der Waals surface area contributed by atoms with Gasteiger partial charge in [-0.1, -0.05) is 0 Å². The van der Waals surface area contributed by atoms with Crippen molar-refractivity contribution in [2.24, 2.45) is 10.4 Å². The molecular formula is C7H11N3O4S. The number of hydrogen-bond acceptors (Lipinski definition) is 3. The Morgan fingerprint density at radius 1 is 1.33 bits per heavy atom. The van der Waals surface area contributed by atoms with E-state index in [1.54, 1.807) is 0 Å². The fraction of sp³-hybridized carbons (Fsp3) is 0.857.